The molecule has 1 amide bonds. The predicted octanol–water partition coefficient (Wildman–Crippen LogP) is 1.87. The Kier molecular flexibility index (Phi) is 3.49. The van der Waals surface area contributed by atoms with Crippen molar-refractivity contribution in [2.24, 2.45) is 5.10 Å². The van der Waals surface area contributed by atoms with Crippen LogP contribution in [0.2, 0.25) is 0 Å². The maximum absolute atomic E-state index is 11.1. The van der Waals surface area contributed by atoms with E-state index in [1.165, 1.54) is 6.21 Å². The lowest BCUT2D eigenvalue weighted by atomic mass is 10.2. The largest absolute Gasteiger partial charge is 0.443 e. The summed E-state index contributed by atoms with van der Waals surface area (Å²) in [5, 5.41) is 3.72. The van der Waals surface area contributed by atoms with Gasteiger partial charge < -0.3 is 9.72 Å². The van der Waals surface area contributed by atoms with Gasteiger partial charge in [-0.2, -0.15) is 5.10 Å². The third-order valence-corrected chi connectivity index (χ3v) is 1.38. The Morgan fingerprint density at radius 3 is 2.87 bits per heavy atom. The topological polar surface area (TPSA) is 66.5 Å². The second-order valence-electron chi connectivity index (χ2n) is 4.00. The van der Waals surface area contributed by atoms with E-state index in [4.69, 9.17) is 4.74 Å². The van der Waals surface area contributed by atoms with Gasteiger partial charge in [0.2, 0.25) is 0 Å². The fraction of sp³-hybridized carbons (Fsp3) is 0.400. The summed E-state index contributed by atoms with van der Waals surface area (Å²) in [4.78, 5) is 14.0. The van der Waals surface area contributed by atoms with Crippen molar-refractivity contribution in [1.29, 1.82) is 0 Å². The number of carbonyl (C=O) groups excluding carboxylic acids is 1. The summed E-state index contributed by atoms with van der Waals surface area (Å²) in [5.41, 5.74) is 2.57. The van der Waals surface area contributed by atoms with Crippen molar-refractivity contribution in [3.05, 3.63) is 24.0 Å². The number of aromatic amines is 1. The van der Waals surface area contributed by atoms with Crippen LogP contribution >= 0.6 is 0 Å². The van der Waals surface area contributed by atoms with Crippen molar-refractivity contribution in [2.75, 3.05) is 0 Å². The van der Waals surface area contributed by atoms with Crippen LogP contribution in [-0.2, 0) is 4.74 Å². The molecule has 0 spiro atoms. The van der Waals surface area contributed by atoms with Crippen LogP contribution in [0.5, 0.6) is 0 Å². The quantitative estimate of drug-likeness (QED) is 0.576. The Balaban J connectivity index is 2.35. The summed E-state index contributed by atoms with van der Waals surface area (Å²) >= 11 is 0. The Morgan fingerprint density at radius 2 is 2.33 bits per heavy atom. The first-order chi connectivity index (χ1) is 6.97. The first-order valence-corrected chi connectivity index (χ1v) is 4.63. The zero-order chi connectivity index (χ0) is 11.3. The Bertz CT molecular complexity index is 336. The number of H-pyrrole nitrogens is 1. The Hall–Kier alpha value is -1.78. The zero-order valence-electron chi connectivity index (χ0n) is 9.07. The van der Waals surface area contributed by atoms with Crippen LogP contribution < -0.4 is 5.43 Å². The molecule has 0 unspecified atom stereocenters. The summed E-state index contributed by atoms with van der Waals surface area (Å²) in [5.74, 6) is 0. The number of hydrogen-bond acceptors (Lipinski definition) is 3. The van der Waals surface area contributed by atoms with Gasteiger partial charge >= 0.3 is 6.09 Å². The van der Waals surface area contributed by atoms with Gasteiger partial charge in [0.25, 0.3) is 0 Å². The Labute approximate surface area is 88.5 Å². The minimum atomic E-state index is -0.565. The lowest BCUT2D eigenvalue weighted by molar-refractivity contribution is 0.0529. The van der Waals surface area contributed by atoms with Crippen LogP contribution in [0.3, 0.4) is 0 Å². The standard InChI is InChI=1S/C10H15N3O2/c1-10(2,3)15-9(14)13-12-7-8-5-4-6-11-8/h4-7,11H,1-3H3,(H,13,14)/b12-7-. The van der Waals surface area contributed by atoms with Crippen molar-refractivity contribution >= 4 is 12.3 Å². The normalized spacial score (nSPS) is 11.7. The molecule has 0 bridgehead atoms. The van der Waals surface area contributed by atoms with E-state index in [2.05, 4.69) is 15.5 Å². The molecule has 5 nitrogen and oxygen atoms in total. The van der Waals surface area contributed by atoms with E-state index < -0.39 is 11.7 Å². The van der Waals surface area contributed by atoms with E-state index in [0.29, 0.717) is 0 Å². The molecule has 0 aromatic carbocycles. The zero-order valence-corrected chi connectivity index (χ0v) is 9.07. The number of ether oxygens (including phenoxy) is 1. The summed E-state index contributed by atoms with van der Waals surface area (Å²) in [6, 6.07) is 3.68. The van der Waals surface area contributed by atoms with Crippen molar-refractivity contribution in [3.8, 4) is 0 Å². The molecule has 0 aliphatic carbocycles. The highest BCUT2D eigenvalue weighted by atomic mass is 16.6. The minimum absolute atomic E-state index is 0.508. The highest BCUT2D eigenvalue weighted by Crippen LogP contribution is 2.06. The molecule has 1 heterocycles. The van der Waals surface area contributed by atoms with Crippen LogP contribution in [0.15, 0.2) is 23.4 Å². The highest BCUT2D eigenvalue weighted by Gasteiger charge is 2.15. The molecule has 1 rings (SSSR count). The van der Waals surface area contributed by atoms with Crippen LogP contribution in [0, 0.1) is 0 Å². The van der Waals surface area contributed by atoms with Gasteiger partial charge in [0.05, 0.1) is 11.9 Å². The first kappa shape index (κ1) is 11.3. The fourth-order valence-corrected chi connectivity index (χ4v) is 0.880. The van der Waals surface area contributed by atoms with Gasteiger partial charge in [-0.25, -0.2) is 10.2 Å². The summed E-state index contributed by atoms with van der Waals surface area (Å²) in [7, 11) is 0. The lowest BCUT2D eigenvalue weighted by Crippen LogP contribution is -2.29. The molecule has 0 aliphatic rings. The number of nitrogens with one attached hydrogen (secondary N) is 2. The number of amides is 1. The molecule has 0 atom stereocenters. The van der Waals surface area contributed by atoms with Gasteiger partial charge in [-0.3, -0.25) is 0 Å². The maximum Gasteiger partial charge on any atom is 0.428 e. The maximum atomic E-state index is 11.1. The van der Waals surface area contributed by atoms with Crippen molar-refractivity contribution in [3.63, 3.8) is 0 Å². The van der Waals surface area contributed by atoms with Gasteiger partial charge in [0.1, 0.15) is 5.60 Å². The molecule has 0 aliphatic heterocycles. The molecule has 5 heteroatoms. The molecule has 2 N–H and O–H groups in total. The van der Waals surface area contributed by atoms with Crippen LogP contribution in [0.25, 0.3) is 0 Å². The second kappa shape index (κ2) is 4.63. The summed E-state index contributed by atoms with van der Waals surface area (Å²) in [6.45, 7) is 5.38. The number of rotatable bonds is 2. The van der Waals surface area contributed by atoms with Gasteiger partial charge in [-0.1, -0.05) is 0 Å². The van der Waals surface area contributed by atoms with Crippen molar-refractivity contribution in [1.82, 2.24) is 10.4 Å². The lowest BCUT2D eigenvalue weighted by Gasteiger charge is -2.18. The third kappa shape index (κ3) is 4.85. The van der Waals surface area contributed by atoms with E-state index in [-0.39, 0.29) is 0 Å². The molecular formula is C10H15N3O2. The number of hydrazone groups is 1. The molecule has 0 radical (unpaired) electrons. The summed E-state index contributed by atoms with van der Waals surface area (Å²) < 4.78 is 4.98. The average molecular weight is 209 g/mol. The molecule has 15 heavy (non-hydrogen) atoms. The highest BCUT2D eigenvalue weighted by molar-refractivity contribution is 5.78. The first-order valence-electron chi connectivity index (χ1n) is 4.63. The average Bonchev–Trinajstić information content (AvgIpc) is 2.53. The van der Waals surface area contributed by atoms with E-state index in [9.17, 15) is 4.79 Å². The number of aromatic nitrogens is 1. The number of carbonyl (C=O) groups is 1. The minimum Gasteiger partial charge on any atom is -0.443 e. The van der Waals surface area contributed by atoms with E-state index in [1.807, 2.05) is 12.1 Å². The van der Waals surface area contributed by atoms with E-state index in [0.717, 1.165) is 5.69 Å². The van der Waals surface area contributed by atoms with Gasteiger partial charge in [0, 0.05) is 6.20 Å². The van der Waals surface area contributed by atoms with E-state index in [1.54, 1.807) is 27.0 Å². The molecule has 1 aromatic heterocycles. The van der Waals surface area contributed by atoms with Gasteiger partial charge in [-0.05, 0) is 32.9 Å². The van der Waals surface area contributed by atoms with Crippen molar-refractivity contribution in [2.45, 2.75) is 26.4 Å². The SMILES string of the molecule is CC(C)(C)OC(=O)N/N=C\c1ccc[nH]1. The smallest absolute Gasteiger partial charge is 0.428 e. The van der Waals surface area contributed by atoms with Gasteiger partial charge in [-0.15, -0.1) is 0 Å². The van der Waals surface area contributed by atoms with Gasteiger partial charge in [0.15, 0.2) is 0 Å². The number of nitrogens with zero attached hydrogens (tertiary/aromatic N) is 1. The molecule has 0 saturated carbocycles. The van der Waals surface area contributed by atoms with Crippen LogP contribution in [0.4, 0.5) is 4.79 Å². The fourth-order valence-electron chi connectivity index (χ4n) is 0.880. The summed E-state index contributed by atoms with van der Waals surface area (Å²) in [6.07, 6.45) is 2.71. The molecule has 1 aromatic rings. The van der Waals surface area contributed by atoms with Crippen LogP contribution in [0.1, 0.15) is 26.5 Å². The molecule has 82 valence electrons. The Morgan fingerprint density at radius 1 is 1.60 bits per heavy atom. The molecule has 0 fully saturated rings. The third-order valence-electron chi connectivity index (χ3n) is 1.38. The number of hydrogen-bond donors (Lipinski definition) is 2. The molecular weight excluding hydrogens is 194 g/mol. The predicted molar refractivity (Wildman–Crippen MR) is 57.8 cm³/mol. The van der Waals surface area contributed by atoms with Crippen molar-refractivity contribution < 1.29 is 9.53 Å². The van der Waals surface area contributed by atoms with E-state index >= 15 is 0 Å². The van der Waals surface area contributed by atoms with Crippen LogP contribution in [-0.4, -0.2) is 22.9 Å². The second-order valence-corrected chi connectivity index (χ2v) is 4.00. The monoisotopic (exact) mass is 209 g/mol. The molecule has 0 saturated heterocycles.